The molecule has 1 rings (SSSR count). The fourth-order valence-electron chi connectivity index (χ4n) is 0.811. The molecule has 0 saturated heterocycles. The van der Waals surface area contributed by atoms with Crippen molar-refractivity contribution in [3.8, 4) is 0 Å². The van der Waals surface area contributed by atoms with Crippen molar-refractivity contribution in [3.05, 3.63) is 27.5 Å². The standard InChI is InChI=1S/C8H7BrClNO/c1-2-6(12)5-3-4-7(10)11-8(5)9/h3-4H,2H2,1H3. The van der Waals surface area contributed by atoms with Crippen molar-refractivity contribution >= 4 is 33.3 Å². The second kappa shape index (κ2) is 4.01. The number of carbonyl (C=O) groups excluding carboxylic acids is 1. The van der Waals surface area contributed by atoms with Gasteiger partial charge in [0, 0.05) is 6.42 Å². The van der Waals surface area contributed by atoms with E-state index in [0.29, 0.717) is 21.7 Å². The zero-order valence-corrected chi connectivity index (χ0v) is 8.82. The molecule has 0 saturated carbocycles. The quantitative estimate of drug-likeness (QED) is 0.595. The van der Waals surface area contributed by atoms with E-state index in [1.807, 2.05) is 6.92 Å². The molecule has 0 spiro atoms. The van der Waals surface area contributed by atoms with Gasteiger partial charge >= 0.3 is 0 Å². The summed E-state index contributed by atoms with van der Waals surface area (Å²) in [7, 11) is 0. The molecule has 64 valence electrons. The Morgan fingerprint density at radius 2 is 2.33 bits per heavy atom. The highest BCUT2D eigenvalue weighted by atomic mass is 79.9. The number of carbonyl (C=O) groups is 1. The minimum atomic E-state index is 0.0611. The number of rotatable bonds is 2. The Hall–Kier alpha value is -0.410. The van der Waals surface area contributed by atoms with Crippen molar-refractivity contribution in [2.24, 2.45) is 0 Å². The molecule has 12 heavy (non-hydrogen) atoms. The maximum atomic E-state index is 11.2. The van der Waals surface area contributed by atoms with Gasteiger partial charge in [0.1, 0.15) is 9.76 Å². The molecule has 1 aromatic rings. The first kappa shape index (κ1) is 9.68. The molecule has 1 aromatic heterocycles. The summed E-state index contributed by atoms with van der Waals surface area (Å²) >= 11 is 8.78. The molecule has 0 unspecified atom stereocenters. The highest BCUT2D eigenvalue weighted by molar-refractivity contribution is 9.10. The topological polar surface area (TPSA) is 30.0 Å². The van der Waals surface area contributed by atoms with Crippen LogP contribution in [0, 0.1) is 0 Å². The lowest BCUT2D eigenvalue weighted by molar-refractivity contribution is 0.0987. The SMILES string of the molecule is CCC(=O)c1ccc(Cl)nc1Br. The summed E-state index contributed by atoms with van der Waals surface area (Å²) in [5, 5.41) is 0.384. The van der Waals surface area contributed by atoms with E-state index in [1.165, 1.54) is 0 Å². The molecule has 4 heteroatoms. The molecule has 0 aliphatic heterocycles. The normalized spacial score (nSPS) is 9.92. The first-order valence-electron chi connectivity index (χ1n) is 3.50. The molecule has 0 aliphatic carbocycles. The van der Waals surface area contributed by atoms with E-state index < -0.39 is 0 Å². The van der Waals surface area contributed by atoms with Crippen LogP contribution in [0.1, 0.15) is 23.7 Å². The van der Waals surface area contributed by atoms with E-state index in [9.17, 15) is 4.79 Å². The summed E-state index contributed by atoms with van der Waals surface area (Å²) in [5.41, 5.74) is 0.585. The van der Waals surface area contributed by atoms with Gasteiger partial charge in [0.2, 0.25) is 0 Å². The first-order chi connectivity index (χ1) is 5.65. The predicted molar refractivity (Wildman–Crippen MR) is 51.6 cm³/mol. The van der Waals surface area contributed by atoms with Crippen molar-refractivity contribution in [1.29, 1.82) is 0 Å². The summed E-state index contributed by atoms with van der Waals surface area (Å²) in [4.78, 5) is 15.1. The highest BCUT2D eigenvalue weighted by Gasteiger charge is 2.08. The average molecular weight is 249 g/mol. The van der Waals surface area contributed by atoms with Gasteiger partial charge in [0.15, 0.2) is 5.78 Å². The smallest absolute Gasteiger partial charge is 0.165 e. The van der Waals surface area contributed by atoms with Crippen LogP contribution in [0.2, 0.25) is 5.15 Å². The van der Waals surface area contributed by atoms with Crippen molar-refractivity contribution in [1.82, 2.24) is 4.98 Å². The fraction of sp³-hybridized carbons (Fsp3) is 0.250. The molecule has 0 bridgehead atoms. The molecule has 0 aliphatic rings. The van der Waals surface area contributed by atoms with Crippen LogP contribution in [0.5, 0.6) is 0 Å². The number of halogens is 2. The Labute approximate surface area is 84.1 Å². The average Bonchev–Trinajstić information content (AvgIpc) is 2.03. The third-order valence-electron chi connectivity index (χ3n) is 1.44. The largest absolute Gasteiger partial charge is 0.294 e. The van der Waals surface area contributed by atoms with Crippen LogP contribution in [0.4, 0.5) is 0 Å². The van der Waals surface area contributed by atoms with Crippen LogP contribution in [0.25, 0.3) is 0 Å². The number of hydrogen-bond donors (Lipinski definition) is 0. The number of hydrogen-bond acceptors (Lipinski definition) is 2. The molecular formula is C8H7BrClNO. The lowest BCUT2D eigenvalue weighted by Crippen LogP contribution is -1.98. The minimum absolute atomic E-state index is 0.0611. The van der Waals surface area contributed by atoms with Crippen LogP contribution in [0.3, 0.4) is 0 Å². The van der Waals surface area contributed by atoms with Gasteiger partial charge in [0.25, 0.3) is 0 Å². The van der Waals surface area contributed by atoms with Gasteiger partial charge in [-0.1, -0.05) is 18.5 Å². The van der Waals surface area contributed by atoms with E-state index in [4.69, 9.17) is 11.6 Å². The van der Waals surface area contributed by atoms with Gasteiger partial charge in [-0.15, -0.1) is 0 Å². The first-order valence-corrected chi connectivity index (χ1v) is 4.67. The number of ketones is 1. The second-order valence-corrected chi connectivity index (χ2v) is 3.39. The molecule has 0 radical (unpaired) electrons. The van der Waals surface area contributed by atoms with E-state index in [1.54, 1.807) is 12.1 Å². The Balaban J connectivity index is 3.09. The zero-order chi connectivity index (χ0) is 9.14. The predicted octanol–water partition coefficient (Wildman–Crippen LogP) is 3.09. The lowest BCUT2D eigenvalue weighted by Gasteiger charge is -1.99. The molecule has 0 fully saturated rings. The van der Waals surface area contributed by atoms with Gasteiger partial charge in [-0.25, -0.2) is 4.98 Å². The molecule has 2 nitrogen and oxygen atoms in total. The lowest BCUT2D eigenvalue weighted by atomic mass is 10.1. The van der Waals surface area contributed by atoms with Crippen molar-refractivity contribution < 1.29 is 4.79 Å². The number of pyridine rings is 1. The third kappa shape index (κ3) is 2.05. The third-order valence-corrected chi connectivity index (χ3v) is 2.25. The van der Waals surface area contributed by atoms with Gasteiger partial charge in [-0.3, -0.25) is 4.79 Å². The maximum Gasteiger partial charge on any atom is 0.165 e. The van der Waals surface area contributed by atoms with Gasteiger partial charge < -0.3 is 0 Å². The summed E-state index contributed by atoms with van der Waals surface area (Å²) in [5.74, 6) is 0.0611. The maximum absolute atomic E-state index is 11.2. The van der Waals surface area contributed by atoms with Gasteiger partial charge in [-0.05, 0) is 28.1 Å². The Morgan fingerprint density at radius 3 is 2.83 bits per heavy atom. The molecule has 0 atom stereocenters. The molecule has 0 amide bonds. The Morgan fingerprint density at radius 1 is 1.67 bits per heavy atom. The van der Waals surface area contributed by atoms with Gasteiger partial charge in [0.05, 0.1) is 5.56 Å². The van der Waals surface area contributed by atoms with Crippen LogP contribution >= 0.6 is 27.5 Å². The number of Topliss-reactive ketones (excluding diaryl/α,β-unsaturated/α-hetero) is 1. The van der Waals surface area contributed by atoms with E-state index in [0.717, 1.165) is 0 Å². The summed E-state index contributed by atoms with van der Waals surface area (Å²) < 4.78 is 0.516. The molecule has 0 N–H and O–H groups in total. The summed E-state index contributed by atoms with van der Waals surface area (Å²) in [6.45, 7) is 1.81. The van der Waals surface area contributed by atoms with Crippen LogP contribution in [0.15, 0.2) is 16.7 Å². The molecular weight excluding hydrogens is 241 g/mol. The van der Waals surface area contributed by atoms with E-state index in [2.05, 4.69) is 20.9 Å². The highest BCUT2D eigenvalue weighted by Crippen LogP contribution is 2.18. The summed E-state index contributed by atoms with van der Waals surface area (Å²) in [6, 6.07) is 3.28. The van der Waals surface area contributed by atoms with E-state index >= 15 is 0 Å². The molecule has 0 aromatic carbocycles. The van der Waals surface area contributed by atoms with Crippen molar-refractivity contribution in [3.63, 3.8) is 0 Å². The van der Waals surface area contributed by atoms with Gasteiger partial charge in [-0.2, -0.15) is 0 Å². The summed E-state index contributed by atoms with van der Waals surface area (Å²) in [6.07, 6.45) is 0.474. The second-order valence-electron chi connectivity index (χ2n) is 2.25. The number of aromatic nitrogens is 1. The zero-order valence-electron chi connectivity index (χ0n) is 6.47. The monoisotopic (exact) mass is 247 g/mol. The van der Waals surface area contributed by atoms with Crippen LogP contribution in [-0.4, -0.2) is 10.8 Å². The van der Waals surface area contributed by atoms with Crippen molar-refractivity contribution in [2.75, 3.05) is 0 Å². The number of nitrogens with zero attached hydrogens (tertiary/aromatic N) is 1. The molecule has 1 heterocycles. The Kier molecular flexibility index (Phi) is 3.23. The fourth-order valence-corrected chi connectivity index (χ4v) is 1.60. The van der Waals surface area contributed by atoms with Crippen LogP contribution < -0.4 is 0 Å². The van der Waals surface area contributed by atoms with Crippen molar-refractivity contribution in [2.45, 2.75) is 13.3 Å². The minimum Gasteiger partial charge on any atom is -0.294 e. The Bertz CT molecular complexity index is 314. The van der Waals surface area contributed by atoms with Crippen LogP contribution in [-0.2, 0) is 0 Å². The van der Waals surface area contributed by atoms with E-state index in [-0.39, 0.29) is 5.78 Å².